The van der Waals surface area contributed by atoms with Crippen LogP contribution in [-0.4, -0.2) is 11.6 Å². The Labute approximate surface area is 144 Å². The zero-order valence-corrected chi connectivity index (χ0v) is 14.7. The summed E-state index contributed by atoms with van der Waals surface area (Å²) >= 11 is 0. The van der Waals surface area contributed by atoms with Gasteiger partial charge in [-0.25, -0.2) is 0 Å². The average Bonchev–Trinajstić information content (AvgIpc) is 3.10. The number of hydrogen-bond donors (Lipinski definition) is 0. The molecule has 3 aliphatic carbocycles. The normalized spacial score (nSPS) is 33.0. The van der Waals surface area contributed by atoms with Gasteiger partial charge in [-0.2, -0.15) is 0 Å². The Hall–Kier alpha value is -1.70. The number of fused-ring (bicyclic) bond motifs is 6. The van der Waals surface area contributed by atoms with Gasteiger partial charge in [-0.1, -0.05) is 57.4 Å². The lowest BCUT2D eigenvalue weighted by Crippen LogP contribution is -2.42. The van der Waals surface area contributed by atoms with Gasteiger partial charge in [0, 0.05) is 23.0 Å². The molecule has 1 aromatic carbocycles. The molecule has 0 aliphatic heterocycles. The molecule has 2 heteroatoms. The predicted octanol–water partition coefficient (Wildman–Crippen LogP) is 5.02. The smallest absolute Gasteiger partial charge is 0.168 e. The summed E-state index contributed by atoms with van der Waals surface area (Å²) in [5.74, 6) is 0.417. The highest BCUT2D eigenvalue weighted by Gasteiger charge is 2.60. The molecule has 4 atom stereocenters. The number of benzene rings is 1. The molecule has 4 rings (SSSR count). The van der Waals surface area contributed by atoms with Crippen molar-refractivity contribution >= 4 is 11.6 Å². The van der Waals surface area contributed by atoms with Crippen molar-refractivity contribution in [2.45, 2.75) is 52.4 Å². The lowest BCUT2D eigenvalue weighted by atomic mass is 9.65. The zero-order valence-electron chi connectivity index (χ0n) is 14.7. The minimum absolute atomic E-state index is 0.113. The first-order chi connectivity index (χ1) is 11.5. The van der Waals surface area contributed by atoms with E-state index in [1.54, 1.807) is 0 Å². The van der Waals surface area contributed by atoms with Crippen molar-refractivity contribution in [3.05, 3.63) is 47.0 Å². The highest BCUT2D eigenvalue weighted by atomic mass is 16.1. The van der Waals surface area contributed by atoms with E-state index in [0.717, 1.165) is 19.3 Å². The van der Waals surface area contributed by atoms with Crippen molar-refractivity contribution < 1.29 is 9.59 Å². The summed E-state index contributed by atoms with van der Waals surface area (Å²) in [6, 6.07) is 5.98. The van der Waals surface area contributed by atoms with E-state index >= 15 is 0 Å². The highest BCUT2D eigenvalue weighted by molar-refractivity contribution is 6.17. The van der Waals surface area contributed by atoms with Crippen LogP contribution in [0.15, 0.2) is 30.4 Å². The number of carbonyl (C=O) groups excluding carboxylic acids is 2. The summed E-state index contributed by atoms with van der Waals surface area (Å²) in [5.41, 5.74) is 2.45. The third-order valence-corrected chi connectivity index (χ3v) is 6.45. The van der Waals surface area contributed by atoms with Crippen molar-refractivity contribution in [1.82, 2.24) is 0 Å². The van der Waals surface area contributed by atoms with Crippen LogP contribution in [0.4, 0.5) is 0 Å². The van der Waals surface area contributed by atoms with Crippen molar-refractivity contribution in [3.63, 3.8) is 0 Å². The monoisotopic (exact) mass is 322 g/mol. The van der Waals surface area contributed by atoms with E-state index in [0.29, 0.717) is 11.1 Å². The van der Waals surface area contributed by atoms with Gasteiger partial charge >= 0.3 is 0 Å². The van der Waals surface area contributed by atoms with Gasteiger partial charge in [0.15, 0.2) is 11.6 Å². The molecule has 1 aromatic rings. The van der Waals surface area contributed by atoms with Gasteiger partial charge in [-0.05, 0) is 42.2 Å². The maximum Gasteiger partial charge on any atom is 0.168 e. The van der Waals surface area contributed by atoms with Crippen LogP contribution in [0.3, 0.4) is 0 Å². The average molecular weight is 322 g/mol. The lowest BCUT2D eigenvalue weighted by molar-refractivity contribution is 0.0676. The quantitative estimate of drug-likeness (QED) is 0.563. The van der Waals surface area contributed by atoms with Gasteiger partial charge in [0.05, 0.1) is 0 Å². The van der Waals surface area contributed by atoms with Crippen LogP contribution in [0.2, 0.25) is 0 Å². The first-order valence-electron chi connectivity index (χ1n) is 9.46. The van der Waals surface area contributed by atoms with Gasteiger partial charge in [0.2, 0.25) is 0 Å². The fraction of sp³-hybridized carbons (Fsp3) is 0.545. The SMILES string of the molecule is CCCCCCc1ccc2c(c1)C(=O)C1C3C=CC(C)(C3)C1C2=O. The van der Waals surface area contributed by atoms with E-state index in [1.165, 1.54) is 24.8 Å². The van der Waals surface area contributed by atoms with E-state index in [9.17, 15) is 9.59 Å². The van der Waals surface area contributed by atoms with Crippen LogP contribution in [-0.2, 0) is 6.42 Å². The molecule has 2 nitrogen and oxygen atoms in total. The first kappa shape index (κ1) is 15.8. The Kier molecular flexibility index (Phi) is 3.74. The van der Waals surface area contributed by atoms with Crippen LogP contribution in [0.1, 0.15) is 72.2 Å². The highest BCUT2D eigenvalue weighted by Crippen LogP contribution is 2.59. The van der Waals surface area contributed by atoms with E-state index in [2.05, 4.69) is 32.1 Å². The number of ketones is 2. The molecule has 126 valence electrons. The second-order valence-corrected chi connectivity index (χ2v) is 8.16. The standard InChI is InChI=1S/C22H26O2/c1-3-4-5-6-7-14-8-9-16-17(12-14)20(23)18-15-10-11-22(2,13-15)19(18)21(16)24/h8-12,15,18-19H,3-7,13H2,1-2H3. The second-order valence-electron chi connectivity index (χ2n) is 8.16. The maximum absolute atomic E-state index is 13.1. The van der Waals surface area contributed by atoms with Crippen molar-refractivity contribution in [3.8, 4) is 0 Å². The van der Waals surface area contributed by atoms with Crippen molar-refractivity contribution in [1.29, 1.82) is 0 Å². The van der Waals surface area contributed by atoms with Gasteiger partial charge in [0.1, 0.15) is 0 Å². The molecule has 0 heterocycles. The number of unbranched alkanes of at least 4 members (excludes halogenated alkanes) is 3. The molecular formula is C22H26O2. The Balaban J connectivity index is 1.63. The minimum Gasteiger partial charge on any atom is -0.294 e. The molecule has 0 aromatic heterocycles. The molecule has 1 fully saturated rings. The topological polar surface area (TPSA) is 34.1 Å². The summed E-state index contributed by atoms with van der Waals surface area (Å²) in [5, 5.41) is 0. The van der Waals surface area contributed by atoms with Crippen LogP contribution >= 0.6 is 0 Å². The van der Waals surface area contributed by atoms with Crippen LogP contribution in [0.25, 0.3) is 0 Å². The number of carbonyl (C=O) groups is 2. The minimum atomic E-state index is -0.136. The molecule has 0 saturated heterocycles. The largest absolute Gasteiger partial charge is 0.294 e. The number of hydrogen-bond acceptors (Lipinski definition) is 2. The summed E-state index contributed by atoms with van der Waals surface area (Å²) in [4.78, 5) is 26.2. The summed E-state index contributed by atoms with van der Waals surface area (Å²) in [7, 11) is 0. The van der Waals surface area contributed by atoms with Gasteiger partial charge in [-0.15, -0.1) is 0 Å². The number of rotatable bonds is 5. The fourth-order valence-corrected chi connectivity index (χ4v) is 5.20. The van der Waals surface area contributed by atoms with Crippen LogP contribution in [0, 0.1) is 23.2 Å². The van der Waals surface area contributed by atoms with Crippen molar-refractivity contribution in [2.75, 3.05) is 0 Å². The van der Waals surface area contributed by atoms with Crippen LogP contribution < -0.4 is 0 Å². The van der Waals surface area contributed by atoms with E-state index in [1.807, 2.05) is 12.1 Å². The fourth-order valence-electron chi connectivity index (χ4n) is 5.20. The molecule has 24 heavy (non-hydrogen) atoms. The van der Waals surface area contributed by atoms with Crippen LogP contribution in [0.5, 0.6) is 0 Å². The van der Waals surface area contributed by atoms with Gasteiger partial charge < -0.3 is 0 Å². The molecule has 4 unspecified atom stereocenters. The Bertz CT molecular complexity index is 729. The van der Waals surface area contributed by atoms with Gasteiger partial charge in [0.25, 0.3) is 0 Å². The number of aryl methyl sites for hydroxylation is 1. The van der Waals surface area contributed by atoms with Gasteiger partial charge in [-0.3, -0.25) is 9.59 Å². The third kappa shape index (κ3) is 2.22. The molecule has 1 saturated carbocycles. The molecule has 2 bridgehead atoms. The van der Waals surface area contributed by atoms with Crippen molar-refractivity contribution in [2.24, 2.45) is 23.2 Å². The molecule has 0 spiro atoms. The van der Waals surface area contributed by atoms with E-state index in [4.69, 9.17) is 0 Å². The van der Waals surface area contributed by atoms with E-state index < -0.39 is 0 Å². The van der Waals surface area contributed by atoms with E-state index in [-0.39, 0.29) is 34.7 Å². The predicted molar refractivity (Wildman–Crippen MR) is 95.3 cm³/mol. The summed E-state index contributed by atoms with van der Waals surface area (Å²) in [6.07, 6.45) is 11.2. The summed E-state index contributed by atoms with van der Waals surface area (Å²) < 4.78 is 0. The lowest BCUT2D eigenvalue weighted by Gasteiger charge is -2.36. The Morgan fingerprint density at radius 1 is 1.08 bits per heavy atom. The zero-order chi connectivity index (χ0) is 16.9. The third-order valence-electron chi connectivity index (χ3n) is 6.45. The summed E-state index contributed by atoms with van der Waals surface area (Å²) in [6.45, 7) is 4.36. The number of Topliss-reactive ketones (excluding diaryl/α,β-unsaturated/α-hetero) is 2. The Morgan fingerprint density at radius 2 is 1.92 bits per heavy atom. The molecular weight excluding hydrogens is 296 g/mol. The Morgan fingerprint density at radius 3 is 2.71 bits per heavy atom. The second kappa shape index (κ2) is 5.68. The molecule has 0 N–H and O–H groups in total. The molecule has 3 aliphatic rings. The molecule has 0 amide bonds. The first-order valence-corrected chi connectivity index (χ1v) is 9.46. The maximum atomic E-state index is 13.1. The molecule has 0 radical (unpaired) electrons. The number of allylic oxidation sites excluding steroid dienone is 2.